The third kappa shape index (κ3) is 3.42. The molecule has 0 saturated heterocycles. The lowest BCUT2D eigenvalue weighted by atomic mass is 10.3. The lowest BCUT2D eigenvalue weighted by Crippen LogP contribution is -1.74. The second-order valence-electron chi connectivity index (χ2n) is 2.11. The number of hydrogen-bond acceptors (Lipinski definition) is 1. The molecule has 13 heavy (non-hydrogen) atoms. The molecule has 0 aliphatic rings. The molecule has 1 rings (SSSR count). The van der Waals surface area contributed by atoms with Crippen molar-refractivity contribution in [1.29, 1.82) is 0 Å². The highest BCUT2D eigenvalue weighted by atomic mass is 32.1. The molecule has 0 amide bonds. The Bertz CT molecular complexity index is 331. The molecule has 0 radical (unpaired) electrons. The van der Waals surface area contributed by atoms with E-state index in [2.05, 4.69) is 16.5 Å². The lowest BCUT2D eigenvalue weighted by Gasteiger charge is -1.86. The van der Waals surface area contributed by atoms with Gasteiger partial charge >= 0.3 is 0 Å². The molecule has 0 spiro atoms. The number of aromatic nitrogens is 2. The number of allylic oxidation sites excluding steroid dienone is 1. The fourth-order valence-corrected chi connectivity index (χ4v) is 1.09. The van der Waals surface area contributed by atoms with E-state index in [0.717, 1.165) is 11.4 Å². The van der Waals surface area contributed by atoms with Crippen molar-refractivity contribution < 1.29 is 0 Å². The number of nitrogens with one attached hydrogen (secondary N) is 2. The highest BCUT2D eigenvalue weighted by Crippen LogP contribution is 2.06. The summed E-state index contributed by atoms with van der Waals surface area (Å²) in [5.74, 6) is 0. The van der Waals surface area contributed by atoms with Gasteiger partial charge in [-0.2, -0.15) is 0 Å². The molecule has 0 atom stereocenters. The van der Waals surface area contributed by atoms with Crippen molar-refractivity contribution in [2.24, 2.45) is 0 Å². The van der Waals surface area contributed by atoms with Crippen LogP contribution < -0.4 is 0 Å². The molecule has 3 heteroatoms. The van der Waals surface area contributed by atoms with Gasteiger partial charge in [-0.25, -0.2) is 0 Å². The Morgan fingerprint density at radius 1 is 1.23 bits per heavy atom. The Morgan fingerprint density at radius 3 is 2.23 bits per heavy atom. The minimum atomic E-state index is 0.632. The summed E-state index contributed by atoms with van der Waals surface area (Å²) in [5, 5.41) is 0. The van der Waals surface area contributed by atoms with Gasteiger partial charge in [-0.1, -0.05) is 26.5 Å². The van der Waals surface area contributed by atoms with Crippen LogP contribution in [-0.2, 0) is 0 Å². The van der Waals surface area contributed by atoms with Crippen molar-refractivity contribution in [2.75, 3.05) is 0 Å². The van der Waals surface area contributed by atoms with Crippen LogP contribution in [0.3, 0.4) is 0 Å². The molecular formula is C10H16N2S. The molecule has 0 unspecified atom stereocenters. The molecule has 0 bridgehead atoms. The second kappa shape index (κ2) is 6.43. The average molecular weight is 196 g/mol. The van der Waals surface area contributed by atoms with Crippen molar-refractivity contribution in [1.82, 2.24) is 9.97 Å². The van der Waals surface area contributed by atoms with Gasteiger partial charge in [0.25, 0.3) is 0 Å². The number of H-pyrrole nitrogens is 2. The minimum Gasteiger partial charge on any atom is -0.331 e. The van der Waals surface area contributed by atoms with Gasteiger partial charge in [0.05, 0.1) is 11.4 Å². The van der Waals surface area contributed by atoms with E-state index in [4.69, 9.17) is 12.2 Å². The molecule has 72 valence electrons. The molecule has 1 aromatic heterocycles. The van der Waals surface area contributed by atoms with Crippen LogP contribution in [0.25, 0.3) is 12.2 Å². The quantitative estimate of drug-likeness (QED) is 0.693. The van der Waals surface area contributed by atoms with E-state index >= 15 is 0 Å². The summed E-state index contributed by atoms with van der Waals surface area (Å²) < 4.78 is 0.632. The zero-order chi connectivity index (χ0) is 10.3. The SMILES string of the molecule is C=Cc1[nH]c(=S)[nH]c1/C=C\C.CC. The maximum Gasteiger partial charge on any atom is 0.175 e. The van der Waals surface area contributed by atoms with Gasteiger partial charge in [0, 0.05) is 0 Å². The molecule has 2 N–H and O–H groups in total. The smallest absolute Gasteiger partial charge is 0.175 e. The van der Waals surface area contributed by atoms with Gasteiger partial charge in [0.1, 0.15) is 0 Å². The molecule has 1 aromatic rings. The first-order chi connectivity index (χ1) is 6.27. The summed E-state index contributed by atoms with van der Waals surface area (Å²) in [5.41, 5.74) is 1.92. The predicted molar refractivity (Wildman–Crippen MR) is 62.1 cm³/mol. The van der Waals surface area contributed by atoms with Gasteiger partial charge in [-0.3, -0.25) is 0 Å². The average Bonchev–Trinajstić information content (AvgIpc) is 2.50. The van der Waals surface area contributed by atoms with Crippen LogP contribution in [0.4, 0.5) is 0 Å². The molecule has 0 aliphatic carbocycles. The maximum absolute atomic E-state index is 4.91. The Morgan fingerprint density at radius 2 is 1.77 bits per heavy atom. The summed E-state index contributed by atoms with van der Waals surface area (Å²) in [6.07, 6.45) is 5.63. The first-order valence-corrected chi connectivity index (χ1v) is 4.76. The summed E-state index contributed by atoms with van der Waals surface area (Å²) in [6, 6.07) is 0. The monoisotopic (exact) mass is 196 g/mol. The van der Waals surface area contributed by atoms with Gasteiger partial charge in [0.2, 0.25) is 0 Å². The summed E-state index contributed by atoms with van der Waals surface area (Å²) in [7, 11) is 0. The van der Waals surface area contributed by atoms with Crippen molar-refractivity contribution in [3.63, 3.8) is 0 Å². The molecule has 2 nitrogen and oxygen atoms in total. The van der Waals surface area contributed by atoms with E-state index in [1.54, 1.807) is 6.08 Å². The molecule has 0 aromatic carbocycles. The molecule has 0 fully saturated rings. The predicted octanol–water partition coefficient (Wildman–Crippen LogP) is 3.77. The topological polar surface area (TPSA) is 31.6 Å². The van der Waals surface area contributed by atoms with E-state index in [0.29, 0.717) is 4.77 Å². The van der Waals surface area contributed by atoms with Crippen molar-refractivity contribution >= 4 is 24.4 Å². The van der Waals surface area contributed by atoms with E-state index < -0.39 is 0 Å². The van der Waals surface area contributed by atoms with Crippen molar-refractivity contribution in [3.8, 4) is 0 Å². The van der Waals surface area contributed by atoms with Gasteiger partial charge in [0.15, 0.2) is 4.77 Å². The highest BCUT2D eigenvalue weighted by Gasteiger charge is 1.95. The van der Waals surface area contributed by atoms with Crippen LogP contribution in [0.2, 0.25) is 0 Å². The van der Waals surface area contributed by atoms with Crippen LogP contribution in [0.5, 0.6) is 0 Å². The largest absolute Gasteiger partial charge is 0.331 e. The fraction of sp³-hybridized carbons (Fsp3) is 0.300. The van der Waals surface area contributed by atoms with Gasteiger partial charge < -0.3 is 9.97 Å². The zero-order valence-electron chi connectivity index (χ0n) is 8.35. The molecule has 1 heterocycles. The summed E-state index contributed by atoms with van der Waals surface area (Å²) >= 11 is 4.91. The molecule has 0 aliphatic heterocycles. The minimum absolute atomic E-state index is 0.632. The van der Waals surface area contributed by atoms with E-state index in [1.807, 2.05) is 32.9 Å². The highest BCUT2D eigenvalue weighted by molar-refractivity contribution is 7.71. The lowest BCUT2D eigenvalue weighted by molar-refractivity contribution is 1.26. The van der Waals surface area contributed by atoms with E-state index in [1.165, 1.54) is 0 Å². The first kappa shape index (κ1) is 11.9. The number of rotatable bonds is 2. The summed E-state index contributed by atoms with van der Waals surface area (Å²) in [6.45, 7) is 9.61. The van der Waals surface area contributed by atoms with Gasteiger partial charge in [-0.15, -0.1) is 0 Å². The Kier molecular flexibility index (Phi) is 5.89. The number of aromatic amines is 2. The maximum atomic E-state index is 4.91. The Hall–Kier alpha value is -1.09. The third-order valence-electron chi connectivity index (χ3n) is 1.32. The van der Waals surface area contributed by atoms with Crippen LogP contribution in [-0.4, -0.2) is 9.97 Å². The normalized spacial score (nSPS) is 9.46. The Labute approximate surface area is 84.4 Å². The van der Waals surface area contributed by atoms with Crippen LogP contribution in [0.15, 0.2) is 12.7 Å². The summed E-state index contributed by atoms with van der Waals surface area (Å²) in [4.78, 5) is 5.97. The van der Waals surface area contributed by atoms with E-state index in [9.17, 15) is 0 Å². The van der Waals surface area contributed by atoms with Crippen molar-refractivity contribution in [3.05, 3.63) is 28.8 Å². The number of hydrogen-bond donors (Lipinski definition) is 2. The fourth-order valence-electron chi connectivity index (χ4n) is 0.870. The Balaban J connectivity index is 0.000000671. The van der Waals surface area contributed by atoms with Gasteiger partial charge in [-0.05, 0) is 31.3 Å². The van der Waals surface area contributed by atoms with E-state index in [-0.39, 0.29) is 0 Å². The zero-order valence-corrected chi connectivity index (χ0v) is 9.16. The molecule has 0 saturated carbocycles. The number of imidazole rings is 1. The molecular weight excluding hydrogens is 180 g/mol. The van der Waals surface area contributed by atoms with Crippen LogP contribution >= 0.6 is 12.2 Å². The van der Waals surface area contributed by atoms with Crippen LogP contribution in [0.1, 0.15) is 32.2 Å². The first-order valence-electron chi connectivity index (χ1n) is 4.35. The second-order valence-corrected chi connectivity index (χ2v) is 2.52. The van der Waals surface area contributed by atoms with Crippen LogP contribution in [0, 0.1) is 4.77 Å². The third-order valence-corrected chi connectivity index (χ3v) is 1.53. The van der Waals surface area contributed by atoms with Crippen molar-refractivity contribution in [2.45, 2.75) is 20.8 Å². The standard InChI is InChI=1S/C8H10N2S.C2H6/c1-3-5-7-6(4-2)9-8(11)10-7;1-2/h3-5H,2H2,1H3,(H2,9,10,11);1-2H3/b5-3-;.